The number of hydrogen-bond acceptors (Lipinski definition) is 5. The molecule has 1 unspecified atom stereocenters. The van der Waals surface area contributed by atoms with Crippen LogP contribution >= 0.6 is 11.8 Å². The van der Waals surface area contributed by atoms with E-state index < -0.39 is 5.54 Å². The third-order valence-corrected chi connectivity index (χ3v) is 6.08. The molecule has 0 fully saturated rings. The van der Waals surface area contributed by atoms with Gasteiger partial charge < -0.3 is 11.1 Å². The van der Waals surface area contributed by atoms with Crippen molar-refractivity contribution in [3.05, 3.63) is 83.6 Å². The van der Waals surface area contributed by atoms with Crippen LogP contribution in [-0.4, -0.2) is 21.8 Å². The molecule has 0 bridgehead atoms. The van der Waals surface area contributed by atoms with Gasteiger partial charge in [0.05, 0.1) is 11.2 Å². The molecule has 3 N–H and O–H groups in total. The van der Waals surface area contributed by atoms with Crippen LogP contribution in [0.1, 0.15) is 34.8 Å². The summed E-state index contributed by atoms with van der Waals surface area (Å²) in [4.78, 5) is 22.0. The highest BCUT2D eigenvalue weighted by Crippen LogP contribution is 2.38. The number of amides is 1. The number of nitrogens with one attached hydrogen (secondary N) is 1. The van der Waals surface area contributed by atoms with Crippen LogP contribution in [0, 0.1) is 6.92 Å². The van der Waals surface area contributed by atoms with Gasteiger partial charge >= 0.3 is 0 Å². The SMILES string of the molecule is Cc1ccc(C(=O)Nc2cc(-c3ccccn3)cc(C3(C)CCSC(N)=N3)c2)cc1. The molecule has 6 heteroatoms. The largest absolute Gasteiger partial charge is 0.379 e. The maximum Gasteiger partial charge on any atom is 0.255 e. The van der Waals surface area contributed by atoms with Crippen LogP contribution in [0.5, 0.6) is 0 Å². The molecule has 3 aromatic rings. The Bertz CT molecular complexity index is 1100. The predicted octanol–water partition coefficient (Wildman–Crippen LogP) is 4.98. The number of anilines is 1. The average Bonchev–Trinajstić information content (AvgIpc) is 2.74. The van der Waals surface area contributed by atoms with Crippen molar-refractivity contribution in [2.24, 2.45) is 10.7 Å². The molecule has 152 valence electrons. The van der Waals surface area contributed by atoms with Crippen LogP contribution in [0.3, 0.4) is 0 Å². The van der Waals surface area contributed by atoms with E-state index >= 15 is 0 Å². The van der Waals surface area contributed by atoms with Gasteiger partial charge in [-0.15, -0.1) is 0 Å². The number of pyridine rings is 1. The lowest BCUT2D eigenvalue weighted by Crippen LogP contribution is -2.29. The molecule has 0 saturated carbocycles. The monoisotopic (exact) mass is 416 g/mol. The molecule has 0 aliphatic carbocycles. The minimum Gasteiger partial charge on any atom is -0.379 e. The molecule has 1 aromatic heterocycles. The number of aromatic nitrogens is 1. The van der Waals surface area contributed by atoms with Crippen LogP contribution in [0.15, 0.2) is 71.9 Å². The van der Waals surface area contributed by atoms with Crippen molar-refractivity contribution in [3.8, 4) is 11.3 Å². The molecule has 0 radical (unpaired) electrons. The highest BCUT2D eigenvalue weighted by Gasteiger charge is 2.30. The van der Waals surface area contributed by atoms with Crippen molar-refractivity contribution in [2.45, 2.75) is 25.8 Å². The molecule has 2 aromatic carbocycles. The molecule has 1 aliphatic rings. The Kier molecular flexibility index (Phi) is 5.59. The fraction of sp³-hybridized carbons (Fsp3) is 0.208. The van der Waals surface area contributed by atoms with Gasteiger partial charge in [-0.1, -0.05) is 35.5 Å². The molecule has 30 heavy (non-hydrogen) atoms. The number of rotatable bonds is 4. The fourth-order valence-corrected chi connectivity index (χ4v) is 4.47. The summed E-state index contributed by atoms with van der Waals surface area (Å²) in [5.74, 6) is 0.761. The molecule has 1 amide bonds. The first-order valence-electron chi connectivity index (χ1n) is 9.86. The van der Waals surface area contributed by atoms with Crippen LogP contribution in [0.4, 0.5) is 5.69 Å². The first-order chi connectivity index (χ1) is 14.4. The zero-order valence-corrected chi connectivity index (χ0v) is 17.9. The van der Waals surface area contributed by atoms with Gasteiger partial charge in [-0.25, -0.2) is 0 Å². The van der Waals surface area contributed by atoms with Crippen molar-refractivity contribution in [1.82, 2.24) is 4.98 Å². The number of thioether (sulfide) groups is 1. The Morgan fingerprint density at radius 3 is 2.63 bits per heavy atom. The summed E-state index contributed by atoms with van der Waals surface area (Å²) < 4.78 is 0. The van der Waals surface area contributed by atoms with Gasteiger partial charge in [-0.3, -0.25) is 14.8 Å². The number of carbonyl (C=O) groups is 1. The molecule has 0 saturated heterocycles. The van der Waals surface area contributed by atoms with E-state index in [1.165, 1.54) is 0 Å². The third-order valence-electron chi connectivity index (χ3n) is 5.28. The molecular formula is C24H24N4OS. The van der Waals surface area contributed by atoms with E-state index in [9.17, 15) is 4.79 Å². The van der Waals surface area contributed by atoms with E-state index in [4.69, 9.17) is 10.7 Å². The normalized spacial score (nSPS) is 18.5. The zero-order valence-electron chi connectivity index (χ0n) is 17.1. The summed E-state index contributed by atoms with van der Waals surface area (Å²) in [6.45, 7) is 4.09. The zero-order chi connectivity index (χ0) is 21.1. The molecule has 4 rings (SSSR count). The van der Waals surface area contributed by atoms with Crippen molar-refractivity contribution in [2.75, 3.05) is 11.1 Å². The number of hydrogen-bond donors (Lipinski definition) is 2. The second-order valence-corrected chi connectivity index (χ2v) is 8.77. The van der Waals surface area contributed by atoms with Crippen LogP contribution in [0.2, 0.25) is 0 Å². The average molecular weight is 417 g/mol. The molecule has 1 aliphatic heterocycles. The Morgan fingerprint density at radius 2 is 1.93 bits per heavy atom. The Morgan fingerprint density at radius 1 is 1.13 bits per heavy atom. The topological polar surface area (TPSA) is 80.4 Å². The molecule has 5 nitrogen and oxygen atoms in total. The maximum absolute atomic E-state index is 12.8. The lowest BCUT2D eigenvalue weighted by Gasteiger charge is -2.30. The van der Waals surface area contributed by atoms with E-state index in [-0.39, 0.29) is 5.91 Å². The second-order valence-electron chi connectivity index (χ2n) is 7.66. The van der Waals surface area contributed by atoms with Crippen LogP contribution < -0.4 is 11.1 Å². The Balaban J connectivity index is 1.75. The summed E-state index contributed by atoms with van der Waals surface area (Å²) in [7, 11) is 0. The van der Waals surface area contributed by atoms with E-state index in [2.05, 4.69) is 23.3 Å². The first kappa shape index (κ1) is 20.2. The van der Waals surface area contributed by atoms with Crippen LogP contribution in [0.25, 0.3) is 11.3 Å². The lowest BCUT2D eigenvalue weighted by molar-refractivity contribution is 0.102. The minimum atomic E-state index is -0.441. The van der Waals surface area contributed by atoms with Crippen molar-refractivity contribution >= 4 is 28.5 Å². The van der Waals surface area contributed by atoms with Gasteiger partial charge in [-0.05, 0) is 68.3 Å². The lowest BCUT2D eigenvalue weighted by atomic mass is 9.87. The highest BCUT2D eigenvalue weighted by molar-refractivity contribution is 8.13. The van der Waals surface area contributed by atoms with E-state index in [0.29, 0.717) is 16.4 Å². The summed E-state index contributed by atoms with van der Waals surface area (Å²) in [6, 6.07) is 19.4. The number of carbonyl (C=O) groups excluding carboxylic acids is 1. The number of aryl methyl sites for hydroxylation is 1. The van der Waals surface area contributed by atoms with Gasteiger partial charge in [0.15, 0.2) is 5.17 Å². The van der Waals surface area contributed by atoms with E-state index in [1.807, 2.05) is 61.5 Å². The van der Waals surface area contributed by atoms with Crippen molar-refractivity contribution in [1.29, 1.82) is 0 Å². The number of amidine groups is 1. The van der Waals surface area contributed by atoms with Crippen LogP contribution in [-0.2, 0) is 5.54 Å². The number of benzene rings is 2. The van der Waals surface area contributed by atoms with Gasteiger partial charge in [-0.2, -0.15) is 0 Å². The van der Waals surface area contributed by atoms with Gasteiger partial charge in [0.1, 0.15) is 0 Å². The molecule has 1 atom stereocenters. The number of nitrogens with zero attached hydrogens (tertiary/aromatic N) is 2. The summed E-state index contributed by atoms with van der Waals surface area (Å²) in [6.07, 6.45) is 2.64. The highest BCUT2D eigenvalue weighted by atomic mass is 32.2. The van der Waals surface area contributed by atoms with Gasteiger partial charge in [0.2, 0.25) is 0 Å². The summed E-state index contributed by atoms with van der Waals surface area (Å²) >= 11 is 1.57. The summed E-state index contributed by atoms with van der Waals surface area (Å²) in [5.41, 5.74) is 10.8. The number of aliphatic imine (C=N–C) groups is 1. The fourth-order valence-electron chi connectivity index (χ4n) is 3.49. The molecule has 0 spiro atoms. The van der Waals surface area contributed by atoms with Gasteiger partial charge in [0.25, 0.3) is 5.91 Å². The number of nitrogens with two attached hydrogens (primary N) is 1. The van der Waals surface area contributed by atoms with E-state index in [1.54, 1.807) is 18.0 Å². The standard InChI is InChI=1S/C24H24N4OS/c1-16-6-8-17(9-7-16)22(29)27-20-14-18(21-5-3-4-11-26-21)13-19(15-20)24(2)10-12-30-23(25)28-24/h3-9,11,13-15H,10,12H2,1-2H3,(H2,25,28)(H,27,29). The quantitative estimate of drug-likeness (QED) is 0.629. The summed E-state index contributed by atoms with van der Waals surface area (Å²) in [5, 5.41) is 3.64. The predicted molar refractivity (Wildman–Crippen MR) is 125 cm³/mol. The first-order valence-corrected chi connectivity index (χ1v) is 10.8. The minimum absolute atomic E-state index is 0.147. The Hall–Kier alpha value is -3.12. The molecular weight excluding hydrogens is 392 g/mol. The van der Waals surface area contributed by atoms with Crippen molar-refractivity contribution < 1.29 is 4.79 Å². The van der Waals surface area contributed by atoms with Crippen molar-refractivity contribution in [3.63, 3.8) is 0 Å². The maximum atomic E-state index is 12.8. The van der Waals surface area contributed by atoms with Gasteiger partial charge in [0, 0.05) is 28.8 Å². The van der Waals surface area contributed by atoms with E-state index in [0.717, 1.165) is 34.6 Å². The third kappa shape index (κ3) is 4.39. The second kappa shape index (κ2) is 8.32. The Labute approximate surface area is 180 Å². The molecule has 2 heterocycles. The smallest absolute Gasteiger partial charge is 0.255 e.